The lowest BCUT2D eigenvalue weighted by Crippen LogP contribution is -2.48. The van der Waals surface area contributed by atoms with E-state index in [0.29, 0.717) is 18.9 Å². The van der Waals surface area contributed by atoms with Gasteiger partial charge in [-0.15, -0.1) is 0 Å². The summed E-state index contributed by atoms with van der Waals surface area (Å²) in [4.78, 5) is 26.6. The molecule has 2 rings (SSSR count). The molecule has 1 aliphatic carbocycles. The summed E-state index contributed by atoms with van der Waals surface area (Å²) in [5.74, 6) is 0.552. The molecular formula is C17H30N2O2. The maximum absolute atomic E-state index is 12.8. The number of hydrogen-bond acceptors (Lipinski definition) is 2. The Labute approximate surface area is 128 Å². The number of nitrogens with one attached hydrogen (secondary N) is 1. The van der Waals surface area contributed by atoms with Crippen LogP contribution in [0, 0.1) is 11.3 Å². The minimum atomic E-state index is -0.327. The van der Waals surface area contributed by atoms with Crippen molar-refractivity contribution in [2.45, 2.75) is 71.8 Å². The number of amides is 2. The molecule has 1 unspecified atom stereocenters. The van der Waals surface area contributed by atoms with E-state index in [9.17, 15) is 9.59 Å². The molecule has 0 radical (unpaired) electrons. The smallest absolute Gasteiger partial charge is 0.245 e. The lowest BCUT2D eigenvalue weighted by molar-refractivity contribution is -0.135. The van der Waals surface area contributed by atoms with Gasteiger partial charge in [0.05, 0.1) is 0 Å². The van der Waals surface area contributed by atoms with E-state index >= 15 is 0 Å². The molecule has 1 N–H and O–H groups in total. The van der Waals surface area contributed by atoms with E-state index in [-0.39, 0.29) is 23.3 Å². The zero-order valence-electron chi connectivity index (χ0n) is 13.8. The van der Waals surface area contributed by atoms with Gasteiger partial charge in [-0.25, -0.2) is 0 Å². The Morgan fingerprint density at radius 3 is 2.52 bits per heavy atom. The molecule has 2 aliphatic rings. The van der Waals surface area contributed by atoms with Crippen LogP contribution in [0.15, 0.2) is 0 Å². The van der Waals surface area contributed by atoms with Crippen molar-refractivity contribution in [2.75, 3.05) is 13.1 Å². The fraction of sp³-hybridized carbons (Fsp3) is 0.882. The van der Waals surface area contributed by atoms with Gasteiger partial charge in [-0.05, 0) is 30.6 Å². The van der Waals surface area contributed by atoms with Crippen molar-refractivity contribution in [2.24, 2.45) is 11.3 Å². The molecule has 0 aromatic rings. The second kappa shape index (κ2) is 6.80. The molecule has 0 aromatic carbocycles. The van der Waals surface area contributed by atoms with Crippen molar-refractivity contribution in [3.8, 4) is 0 Å². The zero-order chi connectivity index (χ0) is 15.5. The average molecular weight is 294 g/mol. The minimum absolute atomic E-state index is 0.0188. The first-order chi connectivity index (χ1) is 9.89. The summed E-state index contributed by atoms with van der Waals surface area (Å²) in [5.41, 5.74) is 0.240. The summed E-state index contributed by atoms with van der Waals surface area (Å²) in [6.45, 7) is 7.88. The third-order valence-corrected chi connectivity index (χ3v) is 4.89. The molecule has 0 spiro atoms. The van der Waals surface area contributed by atoms with Gasteiger partial charge in [0.2, 0.25) is 11.8 Å². The van der Waals surface area contributed by atoms with Crippen LogP contribution < -0.4 is 5.32 Å². The second-order valence-electron chi connectivity index (χ2n) is 7.63. The quantitative estimate of drug-likeness (QED) is 0.866. The van der Waals surface area contributed by atoms with Crippen molar-refractivity contribution in [1.29, 1.82) is 0 Å². The van der Waals surface area contributed by atoms with Gasteiger partial charge in [-0.2, -0.15) is 0 Å². The molecule has 21 heavy (non-hydrogen) atoms. The van der Waals surface area contributed by atoms with Crippen molar-refractivity contribution in [1.82, 2.24) is 10.2 Å². The minimum Gasteiger partial charge on any atom is -0.344 e. The Morgan fingerprint density at radius 2 is 1.90 bits per heavy atom. The van der Waals surface area contributed by atoms with Crippen LogP contribution in [0.3, 0.4) is 0 Å². The molecule has 1 heterocycles. The first-order valence-electron chi connectivity index (χ1n) is 8.48. The monoisotopic (exact) mass is 294 g/mol. The highest BCUT2D eigenvalue weighted by Gasteiger charge is 2.35. The lowest BCUT2D eigenvalue weighted by atomic mass is 9.75. The highest BCUT2D eigenvalue weighted by molar-refractivity contribution is 5.90. The molecule has 2 amide bonds. The van der Waals surface area contributed by atoms with E-state index in [1.165, 1.54) is 32.1 Å². The molecule has 1 saturated heterocycles. The van der Waals surface area contributed by atoms with Crippen LogP contribution in [0.5, 0.6) is 0 Å². The first-order valence-corrected chi connectivity index (χ1v) is 8.48. The average Bonchev–Trinajstić information content (AvgIpc) is 2.53. The van der Waals surface area contributed by atoms with E-state index in [2.05, 4.69) is 26.1 Å². The van der Waals surface area contributed by atoms with E-state index < -0.39 is 0 Å². The summed E-state index contributed by atoms with van der Waals surface area (Å²) >= 11 is 0. The predicted molar refractivity (Wildman–Crippen MR) is 83.8 cm³/mol. The normalized spacial score (nSPS) is 26.7. The van der Waals surface area contributed by atoms with E-state index in [4.69, 9.17) is 0 Å². The first kappa shape index (κ1) is 16.3. The number of hydrogen-bond donors (Lipinski definition) is 1. The Hall–Kier alpha value is -1.06. The van der Waals surface area contributed by atoms with Crippen LogP contribution in [0.25, 0.3) is 0 Å². The van der Waals surface area contributed by atoms with E-state index in [1.54, 1.807) is 0 Å². The van der Waals surface area contributed by atoms with Crippen LogP contribution in [0.1, 0.15) is 65.7 Å². The van der Waals surface area contributed by atoms with Gasteiger partial charge < -0.3 is 10.2 Å². The summed E-state index contributed by atoms with van der Waals surface area (Å²) < 4.78 is 0. The Balaban J connectivity index is 2.06. The van der Waals surface area contributed by atoms with Gasteiger partial charge in [-0.3, -0.25) is 9.59 Å². The van der Waals surface area contributed by atoms with Crippen molar-refractivity contribution >= 4 is 11.8 Å². The van der Waals surface area contributed by atoms with Gasteiger partial charge >= 0.3 is 0 Å². The number of rotatable bonds is 4. The van der Waals surface area contributed by atoms with Crippen molar-refractivity contribution < 1.29 is 9.59 Å². The maximum Gasteiger partial charge on any atom is 0.245 e. The highest BCUT2D eigenvalue weighted by Crippen LogP contribution is 2.36. The van der Waals surface area contributed by atoms with Gasteiger partial charge in [-0.1, -0.05) is 40.0 Å². The SMILES string of the molecule is CC(C)CC1NC(=O)CCN(CC2(C)CCCCC2)C1=O. The van der Waals surface area contributed by atoms with Crippen molar-refractivity contribution in [3.63, 3.8) is 0 Å². The summed E-state index contributed by atoms with van der Waals surface area (Å²) in [6, 6.07) is -0.327. The maximum atomic E-state index is 12.8. The fourth-order valence-electron chi connectivity index (χ4n) is 3.71. The molecule has 4 heteroatoms. The van der Waals surface area contributed by atoms with E-state index in [1.807, 2.05) is 4.90 Å². The van der Waals surface area contributed by atoms with Crippen LogP contribution in [-0.2, 0) is 9.59 Å². The van der Waals surface area contributed by atoms with E-state index in [0.717, 1.165) is 13.0 Å². The van der Waals surface area contributed by atoms with Crippen LogP contribution in [0.4, 0.5) is 0 Å². The largest absolute Gasteiger partial charge is 0.344 e. The Morgan fingerprint density at radius 1 is 1.24 bits per heavy atom. The zero-order valence-corrected chi connectivity index (χ0v) is 13.8. The van der Waals surface area contributed by atoms with Gasteiger partial charge in [0.25, 0.3) is 0 Å². The summed E-state index contributed by atoms with van der Waals surface area (Å²) in [6.07, 6.45) is 7.43. The fourth-order valence-corrected chi connectivity index (χ4v) is 3.71. The summed E-state index contributed by atoms with van der Waals surface area (Å²) in [7, 11) is 0. The van der Waals surface area contributed by atoms with Crippen LogP contribution in [-0.4, -0.2) is 35.8 Å². The molecule has 1 saturated carbocycles. The number of carbonyl (C=O) groups excluding carboxylic acids is 2. The molecule has 1 aliphatic heterocycles. The highest BCUT2D eigenvalue weighted by atomic mass is 16.2. The van der Waals surface area contributed by atoms with Crippen molar-refractivity contribution in [3.05, 3.63) is 0 Å². The third kappa shape index (κ3) is 4.45. The van der Waals surface area contributed by atoms with Crippen LogP contribution >= 0.6 is 0 Å². The molecule has 2 fully saturated rings. The lowest BCUT2D eigenvalue weighted by Gasteiger charge is -2.38. The number of nitrogens with zero attached hydrogens (tertiary/aromatic N) is 1. The molecule has 1 atom stereocenters. The molecule has 4 nitrogen and oxygen atoms in total. The number of carbonyl (C=O) groups is 2. The van der Waals surface area contributed by atoms with Gasteiger partial charge in [0.1, 0.15) is 6.04 Å². The topological polar surface area (TPSA) is 49.4 Å². The van der Waals surface area contributed by atoms with Gasteiger partial charge in [0.15, 0.2) is 0 Å². The van der Waals surface area contributed by atoms with Crippen LogP contribution in [0.2, 0.25) is 0 Å². The Bertz CT molecular complexity index is 386. The molecule has 0 aromatic heterocycles. The second-order valence-corrected chi connectivity index (χ2v) is 7.63. The predicted octanol–water partition coefficient (Wildman–Crippen LogP) is 2.72. The standard InChI is InChI=1S/C17H30N2O2/c1-13(2)11-14-16(21)19(10-7-15(20)18-14)12-17(3)8-5-4-6-9-17/h13-14H,4-12H2,1-3H3,(H,18,20). The summed E-state index contributed by atoms with van der Waals surface area (Å²) in [5, 5.41) is 2.91. The Kier molecular flexibility index (Phi) is 5.28. The third-order valence-electron chi connectivity index (χ3n) is 4.89. The van der Waals surface area contributed by atoms with Gasteiger partial charge in [0, 0.05) is 19.5 Å². The molecular weight excluding hydrogens is 264 g/mol. The molecule has 120 valence electrons. The molecule has 0 bridgehead atoms.